The normalized spacial score (nSPS) is 26.7. The fraction of sp³-hybridized carbons (Fsp3) is 0.609. The van der Waals surface area contributed by atoms with Gasteiger partial charge >= 0.3 is 11.9 Å². The molecule has 0 amide bonds. The van der Waals surface area contributed by atoms with E-state index in [9.17, 15) is 23.9 Å². The highest BCUT2D eigenvalue weighted by atomic mass is 19.1. The molecule has 7 heteroatoms. The van der Waals surface area contributed by atoms with E-state index in [1.165, 1.54) is 31.2 Å². The van der Waals surface area contributed by atoms with Crippen LogP contribution in [0.25, 0.3) is 0 Å². The molecule has 6 nitrogen and oxygen atoms in total. The molecule has 1 aliphatic carbocycles. The average molecular weight is 422 g/mol. The molecule has 0 spiro atoms. The first kappa shape index (κ1) is 24.0. The van der Waals surface area contributed by atoms with Gasteiger partial charge in [0.25, 0.3) is 0 Å². The minimum Gasteiger partial charge on any atom is -0.465 e. The Morgan fingerprint density at radius 1 is 1.13 bits per heavy atom. The standard InChI is InChI=1S/C23H31FO6/c1-13(2)11-29-21(26)19-17(25)10-23(5,28)20(22(27)30-12-14(3)4)18(19)15-7-6-8-16(24)9-15/h6-9,13-14,18-20,28H,10-12H2,1-5H3/t18-,19-,20+,23+/m1/s1. The van der Waals surface area contributed by atoms with Crippen LogP contribution in [0.2, 0.25) is 0 Å². The van der Waals surface area contributed by atoms with Gasteiger partial charge in [0, 0.05) is 12.3 Å². The van der Waals surface area contributed by atoms with Crippen LogP contribution in [0.15, 0.2) is 24.3 Å². The lowest BCUT2D eigenvalue weighted by Gasteiger charge is -2.43. The van der Waals surface area contributed by atoms with Crippen molar-refractivity contribution in [1.82, 2.24) is 0 Å². The number of hydrogen-bond acceptors (Lipinski definition) is 6. The molecule has 4 atom stereocenters. The number of ether oxygens (including phenoxy) is 2. The van der Waals surface area contributed by atoms with Gasteiger partial charge in [-0.1, -0.05) is 39.8 Å². The minimum absolute atomic E-state index is 0.0511. The van der Waals surface area contributed by atoms with E-state index in [1.54, 1.807) is 0 Å². The van der Waals surface area contributed by atoms with Crippen LogP contribution < -0.4 is 0 Å². The molecule has 166 valence electrons. The molecule has 1 aromatic rings. The SMILES string of the molecule is CC(C)COC(=O)[C@@H]1C(=O)C[C@](C)(O)[C@H](C(=O)OCC(C)C)[C@@H]1c1cccc(F)c1. The molecule has 2 rings (SSSR count). The van der Waals surface area contributed by atoms with Crippen LogP contribution in [-0.4, -0.2) is 41.6 Å². The van der Waals surface area contributed by atoms with Crippen LogP contribution in [-0.2, 0) is 23.9 Å². The Kier molecular flexibility index (Phi) is 7.75. The summed E-state index contributed by atoms with van der Waals surface area (Å²) in [4.78, 5) is 38.7. The number of benzene rings is 1. The Labute approximate surface area is 176 Å². The van der Waals surface area contributed by atoms with E-state index < -0.39 is 53.3 Å². The third kappa shape index (κ3) is 5.65. The van der Waals surface area contributed by atoms with Crippen molar-refractivity contribution < 1.29 is 33.4 Å². The van der Waals surface area contributed by atoms with Crippen molar-refractivity contribution in [3.8, 4) is 0 Å². The highest BCUT2D eigenvalue weighted by molar-refractivity contribution is 6.02. The van der Waals surface area contributed by atoms with Crippen LogP contribution in [0.3, 0.4) is 0 Å². The van der Waals surface area contributed by atoms with Crippen LogP contribution >= 0.6 is 0 Å². The summed E-state index contributed by atoms with van der Waals surface area (Å²) >= 11 is 0. The third-order valence-corrected chi connectivity index (χ3v) is 5.13. The number of Topliss-reactive ketones (excluding diaryl/α,β-unsaturated/α-hetero) is 1. The maximum absolute atomic E-state index is 14.0. The number of aliphatic hydroxyl groups is 1. The van der Waals surface area contributed by atoms with Gasteiger partial charge in [0.15, 0.2) is 5.78 Å². The Hall–Kier alpha value is -2.28. The number of halogens is 1. The molecule has 0 aromatic heterocycles. The fourth-order valence-electron chi connectivity index (χ4n) is 3.81. The molecular formula is C23H31FO6. The van der Waals surface area contributed by atoms with Gasteiger partial charge in [0.1, 0.15) is 11.7 Å². The van der Waals surface area contributed by atoms with Gasteiger partial charge in [0.05, 0.1) is 24.7 Å². The number of esters is 2. The van der Waals surface area contributed by atoms with Crippen LogP contribution in [0, 0.1) is 29.5 Å². The Morgan fingerprint density at radius 2 is 1.70 bits per heavy atom. The minimum atomic E-state index is -1.75. The number of rotatable bonds is 7. The van der Waals surface area contributed by atoms with Gasteiger partial charge in [0.2, 0.25) is 0 Å². The summed E-state index contributed by atoms with van der Waals surface area (Å²) in [5, 5.41) is 11.0. The Bertz CT molecular complexity index is 786. The van der Waals surface area contributed by atoms with Crippen molar-refractivity contribution in [2.45, 2.75) is 52.6 Å². The number of hydrogen-bond donors (Lipinski definition) is 1. The number of ketones is 1. The zero-order valence-corrected chi connectivity index (χ0v) is 18.2. The van der Waals surface area contributed by atoms with Gasteiger partial charge in [-0.2, -0.15) is 0 Å². The van der Waals surface area contributed by atoms with Crippen molar-refractivity contribution >= 4 is 17.7 Å². The molecule has 0 unspecified atom stereocenters. The van der Waals surface area contributed by atoms with Crippen molar-refractivity contribution in [2.75, 3.05) is 13.2 Å². The second kappa shape index (κ2) is 9.69. The van der Waals surface area contributed by atoms with E-state index in [0.717, 1.165) is 0 Å². The Balaban J connectivity index is 2.53. The summed E-state index contributed by atoms with van der Waals surface area (Å²) in [5.41, 5.74) is -1.49. The third-order valence-electron chi connectivity index (χ3n) is 5.13. The lowest BCUT2D eigenvalue weighted by atomic mass is 9.61. The predicted octanol–water partition coefficient (Wildman–Crippen LogP) is 3.26. The zero-order chi connectivity index (χ0) is 22.6. The zero-order valence-electron chi connectivity index (χ0n) is 18.2. The molecule has 0 aliphatic heterocycles. The quantitative estimate of drug-likeness (QED) is 0.536. The van der Waals surface area contributed by atoms with E-state index in [4.69, 9.17) is 9.47 Å². The van der Waals surface area contributed by atoms with E-state index in [1.807, 2.05) is 27.7 Å². The molecule has 1 aromatic carbocycles. The summed E-state index contributed by atoms with van der Waals surface area (Å²) in [5.74, 6) is -6.17. The van der Waals surface area contributed by atoms with Gasteiger partial charge < -0.3 is 14.6 Å². The predicted molar refractivity (Wildman–Crippen MR) is 108 cm³/mol. The van der Waals surface area contributed by atoms with Crippen molar-refractivity contribution in [3.63, 3.8) is 0 Å². The molecule has 1 saturated carbocycles. The molecular weight excluding hydrogens is 391 g/mol. The fourth-order valence-corrected chi connectivity index (χ4v) is 3.81. The molecule has 1 N–H and O–H groups in total. The lowest BCUT2D eigenvalue weighted by molar-refractivity contribution is -0.174. The molecule has 0 heterocycles. The largest absolute Gasteiger partial charge is 0.465 e. The average Bonchev–Trinajstić information content (AvgIpc) is 2.62. The van der Waals surface area contributed by atoms with Crippen molar-refractivity contribution in [1.29, 1.82) is 0 Å². The summed E-state index contributed by atoms with van der Waals surface area (Å²) in [6, 6.07) is 5.37. The van der Waals surface area contributed by atoms with Gasteiger partial charge in [-0.25, -0.2) is 4.39 Å². The topological polar surface area (TPSA) is 89.9 Å². The number of carbonyl (C=O) groups excluding carboxylic acids is 3. The highest BCUT2D eigenvalue weighted by Crippen LogP contribution is 2.46. The van der Waals surface area contributed by atoms with Crippen LogP contribution in [0.5, 0.6) is 0 Å². The summed E-state index contributed by atoms with van der Waals surface area (Å²) in [7, 11) is 0. The molecule has 1 aliphatic rings. The summed E-state index contributed by atoms with van der Waals surface area (Å²) in [6.45, 7) is 9.05. The lowest BCUT2D eigenvalue weighted by Crippen LogP contribution is -2.55. The first-order valence-electron chi connectivity index (χ1n) is 10.3. The van der Waals surface area contributed by atoms with Gasteiger partial charge in [-0.05, 0) is 36.5 Å². The molecule has 0 bridgehead atoms. The first-order valence-corrected chi connectivity index (χ1v) is 10.3. The smallest absolute Gasteiger partial charge is 0.317 e. The van der Waals surface area contributed by atoms with Crippen LogP contribution in [0.4, 0.5) is 4.39 Å². The van der Waals surface area contributed by atoms with E-state index in [-0.39, 0.29) is 30.6 Å². The van der Waals surface area contributed by atoms with Crippen molar-refractivity contribution in [2.24, 2.45) is 23.7 Å². The highest BCUT2D eigenvalue weighted by Gasteiger charge is 2.57. The summed E-state index contributed by atoms with van der Waals surface area (Å²) in [6.07, 6.45) is -0.401. The molecule has 0 radical (unpaired) electrons. The first-order chi connectivity index (χ1) is 13.9. The van der Waals surface area contributed by atoms with E-state index >= 15 is 0 Å². The van der Waals surface area contributed by atoms with Gasteiger partial charge in [-0.15, -0.1) is 0 Å². The van der Waals surface area contributed by atoms with Crippen molar-refractivity contribution in [3.05, 3.63) is 35.6 Å². The molecule has 1 fully saturated rings. The molecule has 30 heavy (non-hydrogen) atoms. The summed E-state index contributed by atoms with van der Waals surface area (Å²) < 4.78 is 24.7. The maximum atomic E-state index is 14.0. The molecule has 0 saturated heterocycles. The van der Waals surface area contributed by atoms with Crippen LogP contribution in [0.1, 0.15) is 52.5 Å². The Morgan fingerprint density at radius 3 is 2.23 bits per heavy atom. The van der Waals surface area contributed by atoms with E-state index in [2.05, 4.69) is 0 Å². The monoisotopic (exact) mass is 422 g/mol. The second-order valence-corrected chi connectivity index (χ2v) is 9.08. The maximum Gasteiger partial charge on any atom is 0.317 e. The second-order valence-electron chi connectivity index (χ2n) is 9.08. The van der Waals surface area contributed by atoms with E-state index in [0.29, 0.717) is 0 Å². The van der Waals surface area contributed by atoms with Gasteiger partial charge in [-0.3, -0.25) is 14.4 Å². The number of carbonyl (C=O) groups is 3.